The maximum absolute atomic E-state index is 12.1. The van der Waals surface area contributed by atoms with Crippen molar-refractivity contribution in [2.45, 2.75) is 44.4 Å². The van der Waals surface area contributed by atoms with E-state index in [9.17, 15) is 13.2 Å². The van der Waals surface area contributed by atoms with E-state index in [-0.39, 0.29) is 28.9 Å². The Bertz CT molecular complexity index is 386. The van der Waals surface area contributed by atoms with Crippen molar-refractivity contribution in [1.29, 1.82) is 0 Å². The van der Waals surface area contributed by atoms with Crippen LogP contribution in [0.5, 0.6) is 0 Å². The van der Waals surface area contributed by atoms with Gasteiger partial charge in [-0.15, -0.1) is 0 Å². The Morgan fingerprint density at radius 3 is 2.38 bits per heavy atom. The molecule has 0 aliphatic carbocycles. The van der Waals surface area contributed by atoms with Crippen LogP contribution in [0.4, 0.5) is 0 Å². The molecule has 16 heavy (non-hydrogen) atoms. The third-order valence-corrected chi connectivity index (χ3v) is 6.13. The molecule has 2 heterocycles. The third kappa shape index (κ3) is 1.75. The highest BCUT2D eigenvalue weighted by Gasteiger charge is 2.50. The average Bonchev–Trinajstić information content (AvgIpc) is 2.74. The summed E-state index contributed by atoms with van der Waals surface area (Å²) >= 11 is 0. The second-order valence-corrected chi connectivity index (χ2v) is 7.17. The Labute approximate surface area is 96.9 Å². The number of likely N-dealkylation sites (tertiary alicyclic amines) is 1. The maximum atomic E-state index is 12.1. The van der Waals surface area contributed by atoms with Gasteiger partial charge in [0.15, 0.2) is 9.84 Å². The first-order valence-corrected chi connectivity index (χ1v) is 7.73. The van der Waals surface area contributed by atoms with E-state index in [1.165, 1.54) is 0 Å². The van der Waals surface area contributed by atoms with Crippen LogP contribution in [-0.2, 0) is 14.6 Å². The van der Waals surface area contributed by atoms with Crippen LogP contribution < -0.4 is 0 Å². The second-order valence-electron chi connectivity index (χ2n) is 4.85. The SMILES string of the molecule is CCC(CC)C(=O)N1CC2CC1CS2(=O)=O. The monoisotopic (exact) mass is 245 g/mol. The summed E-state index contributed by atoms with van der Waals surface area (Å²) in [7, 11) is -2.89. The molecule has 0 aromatic heterocycles. The van der Waals surface area contributed by atoms with Gasteiger partial charge in [-0.2, -0.15) is 0 Å². The highest BCUT2D eigenvalue weighted by Crippen LogP contribution is 2.34. The first-order valence-electron chi connectivity index (χ1n) is 6.01. The van der Waals surface area contributed by atoms with Crippen molar-refractivity contribution in [2.75, 3.05) is 12.3 Å². The van der Waals surface area contributed by atoms with E-state index in [2.05, 4.69) is 0 Å². The minimum Gasteiger partial charge on any atom is -0.337 e. The summed E-state index contributed by atoms with van der Waals surface area (Å²) < 4.78 is 23.1. The van der Waals surface area contributed by atoms with Crippen LogP contribution in [0.3, 0.4) is 0 Å². The first-order chi connectivity index (χ1) is 7.49. The normalized spacial score (nSPS) is 31.3. The van der Waals surface area contributed by atoms with Crippen molar-refractivity contribution in [1.82, 2.24) is 4.90 Å². The molecule has 2 aliphatic heterocycles. The Balaban J connectivity index is 2.08. The average molecular weight is 245 g/mol. The quantitative estimate of drug-likeness (QED) is 0.739. The van der Waals surface area contributed by atoms with Gasteiger partial charge in [-0.3, -0.25) is 4.79 Å². The molecule has 0 radical (unpaired) electrons. The van der Waals surface area contributed by atoms with Crippen LogP contribution in [0, 0.1) is 5.92 Å². The number of sulfone groups is 1. The van der Waals surface area contributed by atoms with E-state index in [0.29, 0.717) is 13.0 Å². The fourth-order valence-electron chi connectivity index (χ4n) is 2.84. The molecule has 2 rings (SSSR count). The molecule has 2 saturated heterocycles. The van der Waals surface area contributed by atoms with Crippen molar-refractivity contribution in [3.8, 4) is 0 Å². The lowest BCUT2D eigenvalue weighted by Crippen LogP contribution is -2.46. The zero-order valence-electron chi connectivity index (χ0n) is 9.85. The van der Waals surface area contributed by atoms with Gasteiger partial charge >= 0.3 is 0 Å². The Hall–Kier alpha value is -0.580. The van der Waals surface area contributed by atoms with Gasteiger partial charge in [0.05, 0.1) is 11.0 Å². The van der Waals surface area contributed by atoms with Crippen LogP contribution in [0.1, 0.15) is 33.1 Å². The fourth-order valence-corrected chi connectivity index (χ4v) is 4.87. The molecule has 0 N–H and O–H groups in total. The summed E-state index contributed by atoms with van der Waals surface area (Å²) in [5.41, 5.74) is 0. The Morgan fingerprint density at radius 1 is 1.38 bits per heavy atom. The Kier molecular flexibility index (Phi) is 2.99. The van der Waals surface area contributed by atoms with Gasteiger partial charge in [0, 0.05) is 18.5 Å². The summed E-state index contributed by atoms with van der Waals surface area (Å²) in [4.78, 5) is 13.9. The second kappa shape index (κ2) is 4.02. The molecule has 0 aromatic rings. The minimum atomic E-state index is -2.89. The van der Waals surface area contributed by atoms with E-state index in [0.717, 1.165) is 12.8 Å². The van der Waals surface area contributed by atoms with Gasteiger partial charge in [0.25, 0.3) is 0 Å². The number of carbonyl (C=O) groups excluding carboxylic acids is 1. The number of rotatable bonds is 3. The summed E-state index contributed by atoms with van der Waals surface area (Å²) in [5, 5.41) is -0.282. The largest absolute Gasteiger partial charge is 0.337 e. The molecule has 0 saturated carbocycles. The summed E-state index contributed by atoms with van der Waals surface area (Å²) in [6.45, 7) is 4.45. The van der Waals surface area contributed by atoms with Crippen molar-refractivity contribution in [3.63, 3.8) is 0 Å². The molecule has 2 bridgehead atoms. The van der Waals surface area contributed by atoms with Crippen molar-refractivity contribution in [2.24, 2.45) is 5.92 Å². The molecular formula is C11H19NO3S. The zero-order valence-corrected chi connectivity index (χ0v) is 10.7. The predicted molar refractivity (Wildman–Crippen MR) is 61.8 cm³/mol. The lowest BCUT2D eigenvalue weighted by atomic mass is 10.0. The number of carbonyl (C=O) groups is 1. The highest BCUT2D eigenvalue weighted by atomic mass is 32.2. The molecule has 4 nitrogen and oxygen atoms in total. The van der Waals surface area contributed by atoms with Gasteiger partial charge in [-0.25, -0.2) is 8.42 Å². The van der Waals surface area contributed by atoms with Crippen LogP contribution in [0.25, 0.3) is 0 Å². The number of nitrogens with zero attached hydrogens (tertiary/aromatic N) is 1. The van der Waals surface area contributed by atoms with Crippen LogP contribution in [0.15, 0.2) is 0 Å². The maximum Gasteiger partial charge on any atom is 0.225 e. The molecular weight excluding hydrogens is 226 g/mol. The molecule has 2 aliphatic rings. The molecule has 2 unspecified atom stereocenters. The minimum absolute atomic E-state index is 0.0388. The van der Waals surface area contributed by atoms with Crippen molar-refractivity contribution < 1.29 is 13.2 Å². The van der Waals surface area contributed by atoms with Gasteiger partial charge in [0.2, 0.25) is 5.91 Å². The number of amides is 1. The Morgan fingerprint density at radius 2 is 2.00 bits per heavy atom. The van der Waals surface area contributed by atoms with Gasteiger partial charge < -0.3 is 4.90 Å². The van der Waals surface area contributed by atoms with E-state index >= 15 is 0 Å². The number of fused-ring (bicyclic) bond motifs is 2. The van der Waals surface area contributed by atoms with E-state index < -0.39 is 9.84 Å². The lowest BCUT2D eigenvalue weighted by Gasteiger charge is -2.29. The van der Waals surface area contributed by atoms with Crippen molar-refractivity contribution in [3.05, 3.63) is 0 Å². The van der Waals surface area contributed by atoms with E-state index in [1.54, 1.807) is 0 Å². The molecule has 0 spiro atoms. The molecule has 5 heteroatoms. The first kappa shape index (κ1) is 11.9. The molecule has 2 atom stereocenters. The smallest absolute Gasteiger partial charge is 0.225 e. The predicted octanol–water partition coefficient (Wildman–Crippen LogP) is 0.821. The van der Waals surface area contributed by atoms with E-state index in [1.807, 2.05) is 18.7 Å². The standard InChI is InChI=1S/C11H19NO3S/c1-3-8(4-2)11(13)12-6-10-5-9(12)7-16(10,14)15/h8-10H,3-7H2,1-2H3. The molecule has 0 aromatic carbocycles. The van der Waals surface area contributed by atoms with E-state index in [4.69, 9.17) is 0 Å². The molecule has 1 amide bonds. The van der Waals surface area contributed by atoms with Gasteiger partial charge in [-0.05, 0) is 19.3 Å². The van der Waals surface area contributed by atoms with Gasteiger partial charge in [-0.1, -0.05) is 13.8 Å². The number of hydrogen-bond acceptors (Lipinski definition) is 3. The highest BCUT2D eigenvalue weighted by molar-refractivity contribution is 7.92. The molecule has 2 fully saturated rings. The van der Waals surface area contributed by atoms with Crippen LogP contribution >= 0.6 is 0 Å². The van der Waals surface area contributed by atoms with Crippen molar-refractivity contribution >= 4 is 15.7 Å². The van der Waals surface area contributed by atoms with Crippen LogP contribution in [-0.4, -0.2) is 42.8 Å². The summed E-state index contributed by atoms with van der Waals surface area (Å²) in [6, 6.07) is -0.0388. The fraction of sp³-hybridized carbons (Fsp3) is 0.909. The zero-order chi connectivity index (χ0) is 11.9. The summed E-state index contributed by atoms with van der Waals surface area (Å²) in [6.07, 6.45) is 2.35. The third-order valence-electron chi connectivity index (χ3n) is 3.93. The van der Waals surface area contributed by atoms with Crippen LogP contribution in [0.2, 0.25) is 0 Å². The molecule has 92 valence electrons. The van der Waals surface area contributed by atoms with Gasteiger partial charge in [0.1, 0.15) is 0 Å². The topological polar surface area (TPSA) is 54.5 Å². The summed E-state index contributed by atoms with van der Waals surface area (Å²) in [5.74, 6) is 0.415. The number of hydrogen-bond donors (Lipinski definition) is 0. The lowest BCUT2D eigenvalue weighted by molar-refractivity contribution is -0.136.